The van der Waals surface area contributed by atoms with Gasteiger partial charge in [-0.15, -0.1) is 0 Å². The fraction of sp³-hybridized carbons (Fsp3) is 0.214. The first kappa shape index (κ1) is 15.7. The van der Waals surface area contributed by atoms with Crippen LogP contribution in [0.1, 0.15) is 13.3 Å². The van der Waals surface area contributed by atoms with Crippen LogP contribution in [0, 0.1) is 0 Å². The second-order valence-electron chi connectivity index (χ2n) is 4.17. The number of nitrogen functional groups attached to an aromatic ring is 1. The van der Waals surface area contributed by atoms with Gasteiger partial charge in [-0.3, -0.25) is 0 Å². The van der Waals surface area contributed by atoms with Gasteiger partial charge in [-0.05, 0) is 36.8 Å². The summed E-state index contributed by atoms with van der Waals surface area (Å²) >= 11 is 12.0. The number of hydrazine groups is 1. The van der Waals surface area contributed by atoms with E-state index in [1.807, 2.05) is 12.1 Å². The zero-order valence-electron chi connectivity index (χ0n) is 11.4. The van der Waals surface area contributed by atoms with Crippen molar-refractivity contribution in [2.75, 3.05) is 12.0 Å². The highest BCUT2D eigenvalue weighted by Gasteiger charge is 2.10. The summed E-state index contributed by atoms with van der Waals surface area (Å²) < 4.78 is 11.1. The molecule has 0 radical (unpaired) electrons. The Morgan fingerprint density at radius 1 is 1.14 bits per heavy atom. The number of anilines is 1. The van der Waals surface area contributed by atoms with E-state index < -0.39 is 0 Å². The highest BCUT2D eigenvalue weighted by molar-refractivity contribution is 6.36. The number of benzene rings is 1. The maximum Gasteiger partial charge on any atom is 0.240 e. The molecule has 0 amide bonds. The third-order valence-corrected chi connectivity index (χ3v) is 3.10. The van der Waals surface area contributed by atoms with Crippen LogP contribution in [0.5, 0.6) is 17.4 Å². The van der Waals surface area contributed by atoms with E-state index >= 15 is 0 Å². The van der Waals surface area contributed by atoms with Crippen LogP contribution in [0.3, 0.4) is 0 Å². The maximum absolute atomic E-state index is 6.04. The summed E-state index contributed by atoms with van der Waals surface area (Å²) in [6.45, 7) is 2.73. The van der Waals surface area contributed by atoms with Crippen LogP contribution in [0.15, 0.2) is 30.3 Å². The van der Waals surface area contributed by atoms with Gasteiger partial charge < -0.3 is 14.9 Å². The summed E-state index contributed by atoms with van der Waals surface area (Å²) in [4.78, 5) is 4.10. The van der Waals surface area contributed by atoms with Gasteiger partial charge in [0.05, 0.1) is 11.6 Å². The molecule has 7 heteroatoms. The topological polar surface area (TPSA) is 69.4 Å². The van der Waals surface area contributed by atoms with Gasteiger partial charge in [-0.2, -0.15) is 4.98 Å². The highest BCUT2D eigenvalue weighted by Crippen LogP contribution is 2.33. The first-order valence-corrected chi connectivity index (χ1v) is 7.13. The highest BCUT2D eigenvalue weighted by atomic mass is 35.5. The van der Waals surface area contributed by atoms with E-state index in [2.05, 4.69) is 17.3 Å². The van der Waals surface area contributed by atoms with E-state index in [1.165, 1.54) is 6.07 Å². The molecule has 0 atom stereocenters. The van der Waals surface area contributed by atoms with E-state index in [4.69, 9.17) is 38.5 Å². The zero-order valence-corrected chi connectivity index (χ0v) is 12.9. The molecule has 2 rings (SSSR count). The smallest absolute Gasteiger partial charge is 0.240 e. The summed E-state index contributed by atoms with van der Waals surface area (Å²) in [5, 5.41) is 0.614. The van der Waals surface area contributed by atoms with Crippen molar-refractivity contribution in [1.82, 2.24) is 4.98 Å². The van der Waals surface area contributed by atoms with E-state index in [0.29, 0.717) is 28.2 Å². The van der Waals surface area contributed by atoms with E-state index in [1.54, 1.807) is 12.1 Å². The number of nitrogens with zero attached hydrogens (tertiary/aromatic N) is 1. The molecule has 0 aliphatic carbocycles. The Bertz CT molecular complexity index is 606. The molecule has 0 spiro atoms. The average molecular weight is 328 g/mol. The quantitative estimate of drug-likeness (QED) is 0.613. The number of nitrogens with two attached hydrogens (primary N) is 1. The number of nitrogens with one attached hydrogen (secondary N) is 1. The number of hydrogen-bond acceptors (Lipinski definition) is 5. The maximum atomic E-state index is 6.04. The van der Waals surface area contributed by atoms with Gasteiger partial charge in [0.15, 0.2) is 5.82 Å². The fourth-order valence-electron chi connectivity index (χ4n) is 1.56. The summed E-state index contributed by atoms with van der Waals surface area (Å²) in [5.74, 6) is 7.19. The Morgan fingerprint density at radius 2 is 1.81 bits per heavy atom. The first-order valence-electron chi connectivity index (χ1n) is 6.37. The van der Waals surface area contributed by atoms with Gasteiger partial charge in [0, 0.05) is 0 Å². The number of aromatic nitrogens is 1. The largest absolute Gasteiger partial charge is 0.494 e. The van der Waals surface area contributed by atoms with Crippen LogP contribution < -0.4 is 20.7 Å². The van der Waals surface area contributed by atoms with Crippen molar-refractivity contribution in [3.8, 4) is 17.4 Å². The minimum atomic E-state index is 0.219. The number of halogens is 2. The van der Waals surface area contributed by atoms with Crippen molar-refractivity contribution >= 4 is 29.0 Å². The lowest BCUT2D eigenvalue weighted by Crippen LogP contribution is -2.09. The van der Waals surface area contributed by atoms with E-state index in [0.717, 1.165) is 12.2 Å². The minimum absolute atomic E-state index is 0.219. The van der Waals surface area contributed by atoms with Crippen LogP contribution in [0.25, 0.3) is 0 Å². The summed E-state index contributed by atoms with van der Waals surface area (Å²) in [6.07, 6.45) is 0.956. The molecule has 0 unspecified atom stereocenters. The van der Waals surface area contributed by atoms with Crippen molar-refractivity contribution in [2.45, 2.75) is 13.3 Å². The average Bonchev–Trinajstić information content (AvgIpc) is 2.49. The summed E-state index contributed by atoms with van der Waals surface area (Å²) in [6, 6.07) is 8.69. The van der Waals surface area contributed by atoms with Gasteiger partial charge in [-0.25, -0.2) is 5.84 Å². The molecule has 21 heavy (non-hydrogen) atoms. The van der Waals surface area contributed by atoms with E-state index in [9.17, 15) is 0 Å². The Hall–Kier alpha value is -1.69. The summed E-state index contributed by atoms with van der Waals surface area (Å²) in [7, 11) is 0. The molecule has 0 aliphatic heterocycles. The normalized spacial score (nSPS) is 10.3. The third-order valence-electron chi connectivity index (χ3n) is 2.55. The fourth-order valence-corrected chi connectivity index (χ4v) is 2.01. The van der Waals surface area contributed by atoms with Gasteiger partial charge in [0.25, 0.3) is 0 Å². The molecule has 0 saturated heterocycles. The summed E-state index contributed by atoms with van der Waals surface area (Å²) in [5.41, 5.74) is 2.38. The van der Waals surface area contributed by atoms with Crippen molar-refractivity contribution in [3.05, 3.63) is 40.4 Å². The predicted molar refractivity (Wildman–Crippen MR) is 84.4 cm³/mol. The van der Waals surface area contributed by atoms with Crippen LogP contribution in [0.4, 0.5) is 5.82 Å². The minimum Gasteiger partial charge on any atom is -0.494 e. The van der Waals surface area contributed by atoms with Gasteiger partial charge in [0.2, 0.25) is 5.88 Å². The zero-order chi connectivity index (χ0) is 15.2. The standard InChI is InChI=1S/C14H15Cl2N3O2/c1-2-7-20-9-3-5-10(6-4-9)21-14-12(16)8-11(15)13(18-14)19-17/h3-6,8H,2,7,17H2,1H3,(H,18,19). The second-order valence-corrected chi connectivity index (χ2v) is 4.99. The molecule has 1 heterocycles. The Kier molecular flexibility index (Phi) is 5.50. The predicted octanol–water partition coefficient (Wildman–Crippen LogP) is 4.26. The third kappa shape index (κ3) is 4.14. The Morgan fingerprint density at radius 3 is 2.43 bits per heavy atom. The molecule has 1 aromatic heterocycles. The number of pyridine rings is 1. The van der Waals surface area contributed by atoms with E-state index in [-0.39, 0.29) is 5.88 Å². The number of hydrogen-bond donors (Lipinski definition) is 2. The van der Waals surface area contributed by atoms with Crippen molar-refractivity contribution in [3.63, 3.8) is 0 Å². The van der Waals surface area contributed by atoms with Crippen molar-refractivity contribution < 1.29 is 9.47 Å². The Balaban J connectivity index is 2.14. The second kappa shape index (κ2) is 7.36. The van der Waals surface area contributed by atoms with Crippen LogP contribution in [-0.4, -0.2) is 11.6 Å². The molecule has 0 bridgehead atoms. The molecule has 1 aromatic carbocycles. The SMILES string of the molecule is CCCOc1ccc(Oc2nc(NN)c(Cl)cc2Cl)cc1. The molecular formula is C14H15Cl2N3O2. The molecule has 5 nitrogen and oxygen atoms in total. The molecule has 3 N–H and O–H groups in total. The molecular weight excluding hydrogens is 313 g/mol. The van der Waals surface area contributed by atoms with Crippen molar-refractivity contribution in [2.24, 2.45) is 5.84 Å². The van der Waals surface area contributed by atoms with Gasteiger partial charge in [-0.1, -0.05) is 30.1 Å². The van der Waals surface area contributed by atoms with Gasteiger partial charge >= 0.3 is 0 Å². The monoisotopic (exact) mass is 327 g/mol. The molecule has 0 aliphatic rings. The van der Waals surface area contributed by atoms with Crippen LogP contribution in [-0.2, 0) is 0 Å². The lowest BCUT2D eigenvalue weighted by molar-refractivity contribution is 0.317. The van der Waals surface area contributed by atoms with Gasteiger partial charge in [0.1, 0.15) is 16.5 Å². The first-order chi connectivity index (χ1) is 10.1. The molecule has 2 aromatic rings. The van der Waals surface area contributed by atoms with Crippen LogP contribution >= 0.6 is 23.2 Å². The molecule has 0 saturated carbocycles. The van der Waals surface area contributed by atoms with Crippen molar-refractivity contribution in [1.29, 1.82) is 0 Å². The molecule has 112 valence electrons. The number of rotatable bonds is 6. The van der Waals surface area contributed by atoms with Crippen LogP contribution in [0.2, 0.25) is 10.0 Å². The lowest BCUT2D eigenvalue weighted by atomic mass is 10.3. The Labute approximate surface area is 132 Å². The molecule has 0 fully saturated rings. The number of ether oxygens (including phenoxy) is 2. The lowest BCUT2D eigenvalue weighted by Gasteiger charge is -2.10.